The Kier molecular flexibility index (Phi) is 6.85. The predicted octanol–water partition coefficient (Wildman–Crippen LogP) is 4.28. The Balaban J connectivity index is 1.97. The van der Waals surface area contributed by atoms with Gasteiger partial charge >= 0.3 is 6.03 Å². The van der Waals surface area contributed by atoms with Gasteiger partial charge in [0.25, 0.3) is 0 Å². The molecule has 0 saturated carbocycles. The number of nitriles is 1. The van der Waals surface area contributed by atoms with Crippen molar-refractivity contribution in [2.45, 2.75) is 13.3 Å². The number of aromatic nitrogens is 3. The van der Waals surface area contributed by atoms with Gasteiger partial charge in [-0.3, -0.25) is 5.32 Å². The molecule has 9 heteroatoms. The Hall–Kier alpha value is -4.32. The molecule has 0 atom stereocenters. The van der Waals surface area contributed by atoms with Crippen LogP contribution < -0.4 is 10.6 Å². The van der Waals surface area contributed by atoms with E-state index in [4.69, 9.17) is 10.7 Å². The van der Waals surface area contributed by atoms with Crippen molar-refractivity contribution in [1.82, 2.24) is 20.3 Å². The van der Waals surface area contributed by atoms with E-state index < -0.39 is 6.03 Å². The summed E-state index contributed by atoms with van der Waals surface area (Å²) < 4.78 is 13.8. The highest BCUT2D eigenvalue weighted by atomic mass is 19.1. The zero-order chi connectivity index (χ0) is 22.2. The van der Waals surface area contributed by atoms with Crippen LogP contribution in [0.2, 0.25) is 0 Å². The number of halogens is 1. The summed E-state index contributed by atoms with van der Waals surface area (Å²) in [5.41, 5.74) is 3.19. The van der Waals surface area contributed by atoms with Crippen LogP contribution in [0.15, 0.2) is 42.6 Å². The minimum Gasteiger partial charge on any atom is -0.338 e. The van der Waals surface area contributed by atoms with Crippen molar-refractivity contribution >= 4 is 24.1 Å². The molecule has 8 nitrogen and oxygen atoms in total. The van der Waals surface area contributed by atoms with E-state index in [9.17, 15) is 9.18 Å². The quantitative estimate of drug-likeness (QED) is 0.337. The smallest absolute Gasteiger partial charge is 0.320 e. The molecule has 2 heterocycles. The third-order valence-electron chi connectivity index (χ3n) is 4.32. The van der Waals surface area contributed by atoms with Crippen molar-refractivity contribution in [2.24, 2.45) is 0 Å². The first-order valence-electron chi connectivity index (χ1n) is 9.43. The summed E-state index contributed by atoms with van der Waals surface area (Å²) in [6.45, 7) is 1.92. The summed E-state index contributed by atoms with van der Waals surface area (Å²) in [4.78, 5) is 23.9. The van der Waals surface area contributed by atoms with Gasteiger partial charge in [0, 0.05) is 30.1 Å². The molecule has 0 bridgehead atoms. The van der Waals surface area contributed by atoms with Crippen LogP contribution in [0.5, 0.6) is 0 Å². The molecule has 4 N–H and O–H groups in total. The van der Waals surface area contributed by atoms with Crippen LogP contribution in [-0.4, -0.2) is 33.7 Å². The van der Waals surface area contributed by atoms with Crippen molar-refractivity contribution in [3.63, 3.8) is 0 Å². The summed E-state index contributed by atoms with van der Waals surface area (Å²) in [5, 5.41) is 20.9. The molecular formula is C22H20FN7O. The SMILES string of the molecule is Cc1cc(-c2nc(/C=C\C=N)[nH]c2-c2ccnc(NC(=O)NCCC#N)c2)ccc1F. The molecule has 0 aliphatic carbocycles. The number of pyridine rings is 1. The average molecular weight is 417 g/mol. The van der Waals surface area contributed by atoms with Gasteiger partial charge in [0.05, 0.1) is 23.9 Å². The number of anilines is 1. The van der Waals surface area contributed by atoms with Gasteiger partial charge in [-0.15, -0.1) is 0 Å². The van der Waals surface area contributed by atoms with Crippen molar-refractivity contribution in [2.75, 3.05) is 11.9 Å². The summed E-state index contributed by atoms with van der Waals surface area (Å²) in [5.74, 6) is 0.540. The molecule has 0 spiro atoms. The number of urea groups is 1. The molecule has 3 aromatic rings. The number of hydrogen-bond acceptors (Lipinski definition) is 5. The second-order valence-corrected chi connectivity index (χ2v) is 6.55. The van der Waals surface area contributed by atoms with Gasteiger partial charge in [-0.1, -0.05) is 0 Å². The van der Waals surface area contributed by atoms with Crippen molar-refractivity contribution in [1.29, 1.82) is 10.7 Å². The standard InChI is InChI=1S/C22H20FN7O/c1-14-12-15(5-6-17(14)23)20-21(29-18(28-20)4-2-8-24)16-7-11-26-19(13-16)30-22(31)27-10-3-9-25/h2,4-8,11-13,24H,3,10H2,1H3,(H,28,29)(H2,26,27,30,31)/b4-2-,24-8?. The number of aromatic amines is 1. The lowest BCUT2D eigenvalue weighted by molar-refractivity contribution is 0.252. The third kappa shape index (κ3) is 5.39. The van der Waals surface area contributed by atoms with Gasteiger partial charge in [-0.25, -0.2) is 19.2 Å². The van der Waals surface area contributed by atoms with Crippen LogP contribution in [0.3, 0.4) is 0 Å². The molecule has 31 heavy (non-hydrogen) atoms. The first-order valence-corrected chi connectivity index (χ1v) is 9.43. The van der Waals surface area contributed by atoms with E-state index >= 15 is 0 Å². The van der Waals surface area contributed by atoms with E-state index in [0.717, 1.165) is 11.8 Å². The Bertz CT molecular complexity index is 1180. The van der Waals surface area contributed by atoms with Crippen LogP contribution in [0.1, 0.15) is 17.8 Å². The Labute approximate surface area is 178 Å². The number of allylic oxidation sites excluding steroid dienone is 1. The number of carbonyl (C=O) groups excluding carboxylic acids is 1. The van der Waals surface area contributed by atoms with Crippen LogP contribution in [0.25, 0.3) is 28.6 Å². The van der Waals surface area contributed by atoms with E-state index in [0.29, 0.717) is 34.2 Å². The number of aryl methyl sites for hydroxylation is 1. The number of imidazole rings is 1. The van der Waals surface area contributed by atoms with E-state index in [1.165, 1.54) is 12.1 Å². The summed E-state index contributed by atoms with van der Waals surface area (Å²) in [6, 6.07) is 9.68. The molecule has 0 aliphatic heterocycles. The highest BCUT2D eigenvalue weighted by Crippen LogP contribution is 2.32. The molecule has 3 rings (SSSR count). The number of nitrogens with one attached hydrogen (secondary N) is 4. The van der Waals surface area contributed by atoms with Crippen molar-refractivity contribution in [3.8, 4) is 28.6 Å². The number of benzene rings is 1. The van der Waals surface area contributed by atoms with E-state index in [1.807, 2.05) is 6.07 Å². The number of rotatable bonds is 7. The Morgan fingerprint density at radius 3 is 2.90 bits per heavy atom. The molecule has 0 aliphatic rings. The van der Waals surface area contributed by atoms with Gasteiger partial charge in [0.2, 0.25) is 0 Å². The normalized spacial score (nSPS) is 10.6. The summed E-state index contributed by atoms with van der Waals surface area (Å²) in [7, 11) is 0. The molecule has 156 valence electrons. The Morgan fingerprint density at radius 1 is 1.32 bits per heavy atom. The molecular weight excluding hydrogens is 397 g/mol. The maximum absolute atomic E-state index is 13.8. The zero-order valence-electron chi connectivity index (χ0n) is 16.7. The predicted molar refractivity (Wildman–Crippen MR) is 117 cm³/mol. The van der Waals surface area contributed by atoms with Gasteiger partial charge in [-0.05, 0) is 55.0 Å². The molecule has 0 saturated heterocycles. The monoisotopic (exact) mass is 417 g/mol. The molecule has 0 unspecified atom stereocenters. The lowest BCUT2D eigenvalue weighted by Crippen LogP contribution is -2.29. The van der Waals surface area contributed by atoms with Crippen LogP contribution >= 0.6 is 0 Å². The maximum atomic E-state index is 13.8. The maximum Gasteiger partial charge on any atom is 0.320 e. The number of H-pyrrole nitrogens is 1. The minimum absolute atomic E-state index is 0.210. The number of amides is 2. The first-order chi connectivity index (χ1) is 15.0. The number of carbonyl (C=O) groups is 1. The lowest BCUT2D eigenvalue weighted by Gasteiger charge is -2.08. The van der Waals surface area contributed by atoms with Crippen LogP contribution in [0, 0.1) is 29.5 Å². The van der Waals surface area contributed by atoms with Gasteiger partial charge in [-0.2, -0.15) is 5.26 Å². The second-order valence-electron chi connectivity index (χ2n) is 6.55. The highest BCUT2D eigenvalue weighted by molar-refractivity contribution is 5.89. The van der Waals surface area contributed by atoms with Gasteiger partial charge < -0.3 is 15.7 Å². The number of nitrogens with zero attached hydrogens (tertiary/aromatic N) is 3. The Morgan fingerprint density at radius 2 is 2.16 bits per heavy atom. The van der Waals surface area contributed by atoms with Crippen LogP contribution in [0.4, 0.5) is 15.0 Å². The van der Waals surface area contributed by atoms with Gasteiger partial charge in [0.1, 0.15) is 17.5 Å². The highest BCUT2D eigenvalue weighted by Gasteiger charge is 2.15. The molecule has 2 aromatic heterocycles. The molecule has 1 aromatic carbocycles. The van der Waals surface area contributed by atoms with Gasteiger partial charge in [0.15, 0.2) is 0 Å². The van der Waals surface area contributed by atoms with Crippen LogP contribution in [-0.2, 0) is 0 Å². The van der Waals surface area contributed by atoms with E-state index in [2.05, 4.69) is 25.6 Å². The van der Waals surface area contributed by atoms with Crippen molar-refractivity contribution < 1.29 is 9.18 Å². The fourth-order valence-corrected chi connectivity index (χ4v) is 2.87. The number of hydrogen-bond donors (Lipinski definition) is 4. The van der Waals surface area contributed by atoms with E-state index in [-0.39, 0.29) is 18.8 Å². The average Bonchev–Trinajstić information content (AvgIpc) is 3.19. The summed E-state index contributed by atoms with van der Waals surface area (Å²) >= 11 is 0. The second kappa shape index (κ2) is 9.93. The largest absolute Gasteiger partial charge is 0.338 e. The van der Waals surface area contributed by atoms with Crippen molar-refractivity contribution in [3.05, 3.63) is 59.8 Å². The lowest BCUT2D eigenvalue weighted by atomic mass is 10.0. The zero-order valence-corrected chi connectivity index (χ0v) is 16.7. The fourth-order valence-electron chi connectivity index (χ4n) is 2.87. The molecule has 0 radical (unpaired) electrons. The topological polar surface area (TPSA) is 130 Å². The summed E-state index contributed by atoms with van der Waals surface area (Å²) in [6.07, 6.45) is 6.09. The molecule has 0 fully saturated rings. The molecule has 2 amide bonds. The van der Waals surface area contributed by atoms with E-state index in [1.54, 1.807) is 43.5 Å². The fraction of sp³-hybridized carbons (Fsp3) is 0.136. The third-order valence-corrected chi connectivity index (χ3v) is 4.32. The minimum atomic E-state index is -0.464. The first kappa shape index (κ1) is 21.4.